The second kappa shape index (κ2) is 8.70. The third kappa shape index (κ3) is 4.25. The summed E-state index contributed by atoms with van der Waals surface area (Å²) < 4.78 is 31.2. The predicted octanol–water partition coefficient (Wildman–Crippen LogP) is 2.44. The van der Waals surface area contributed by atoms with E-state index in [1.165, 1.54) is 38.7 Å². The molecule has 1 aliphatic heterocycles. The van der Waals surface area contributed by atoms with E-state index in [-0.39, 0.29) is 11.6 Å². The minimum Gasteiger partial charge on any atom is -0.246 e. The molecule has 0 radical (unpaired) electrons. The number of hydrogen-bond acceptors (Lipinski definition) is 5. The van der Waals surface area contributed by atoms with Crippen LogP contribution in [-0.2, 0) is 16.8 Å². The van der Waals surface area contributed by atoms with Crippen LogP contribution < -0.4 is 5.69 Å². The van der Waals surface area contributed by atoms with E-state index in [1.54, 1.807) is 4.57 Å². The third-order valence-corrected chi connectivity index (χ3v) is 8.47. The molecule has 1 fully saturated rings. The van der Waals surface area contributed by atoms with E-state index < -0.39 is 10.2 Å². The molecule has 1 aromatic carbocycles. The van der Waals surface area contributed by atoms with Crippen molar-refractivity contribution in [1.29, 1.82) is 0 Å². The topological polar surface area (TPSA) is 80.4 Å². The Balaban J connectivity index is 1.75. The Labute approximate surface area is 186 Å². The Morgan fingerprint density at radius 1 is 1.19 bits per heavy atom. The average molecular weight is 462 g/mol. The summed E-state index contributed by atoms with van der Waals surface area (Å²) in [6.45, 7) is 3.18. The fourth-order valence-corrected chi connectivity index (χ4v) is 5.86. The number of rotatable bonds is 6. The molecule has 8 nitrogen and oxygen atoms in total. The van der Waals surface area contributed by atoms with E-state index in [9.17, 15) is 13.2 Å². The summed E-state index contributed by atoms with van der Waals surface area (Å²) in [5, 5.41) is 7.45. The Morgan fingerprint density at radius 3 is 2.65 bits per heavy atom. The van der Waals surface area contributed by atoms with Crippen LogP contribution in [0.25, 0.3) is 5.00 Å². The van der Waals surface area contributed by atoms with Crippen molar-refractivity contribution in [3.8, 4) is 5.00 Å². The van der Waals surface area contributed by atoms with Gasteiger partial charge in [-0.25, -0.2) is 14.0 Å². The molecule has 3 heterocycles. The van der Waals surface area contributed by atoms with Gasteiger partial charge in [-0.2, -0.15) is 22.1 Å². The lowest BCUT2D eigenvalue weighted by Gasteiger charge is -2.32. The highest BCUT2D eigenvalue weighted by molar-refractivity contribution is 7.86. The van der Waals surface area contributed by atoms with Crippen molar-refractivity contribution in [2.75, 3.05) is 27.2 Å². The van der Waals surface area contributed by atoms with Crippen molar-refractivity contribution in [1.82, 2.24) is 23.0 Å². The van der Waals surface area contributed by atoms with Crippen LogP contribution in [0.15, 0.2) is 46.6 Å². The normalized spacial score (nSPS) is 18.0. The Kier molecular flexibility index (Phi) is 6.16. The molecule has 0 bridgehead atoms. The van der Waals surface area contributed by atoms with E-state index in [0.29, 0.717) is 25.5 Å². The number of piperidine rings is 1. The van der Waals surface area contributed by atoms with Crippen molar-refractivity contribution in [2.45, 2.75) is 32.2 Å². The van der Waals surface area contributed by atoms with Crippen molar-refractivity contribution < 1.29 is 8.42 Å². The zero-order valence-corrected chi connectivity index (χ0v) is 19.6. The largest absolute Gasteiger partial charge is 0.351 e. The molecule has 0 spiro atoms. The second-order valence-electron chi connectivity index (χ2n) is 8.00. The van der Waals surface area contributed by atoms with Crippen LogP contribution in [-0.4, -0.2) is 58.6 Å². The van der Waals surface area contributed by atoms with Crippen LogP contribution in [0.3, 0.4) is 0 Å². The van der Waals surface area contributed by atoms with Crippen molar-refractivity contribution in [3.05, 3.63) is 69.2 Å². The number of benzene rings is 1. The molecule has 1 atom stereocenters. The Hall–Kier alpha value is -2.27. The zero-order chi connectivity index (χ0) is 22.2. The molecule has 4 rings (SSSR count). The Morgan fingerprint density at radius 2 is 1.97 bits per heavy atom. The highest BCUT2D eigenvalue weighted by Gasteiger charge is 2.34. The number of aromatic nitrogens is 3. The first-order valence-corrected chi connectivity index (χ1v) is 12.5. The SMILES string of the molecule is Cc1ccccc1Cn1nc(C2CCCN(S(=O)(=O)N(C)C)C2)n(-c2cccs2)c1=O. The smallest absolute Gasteiger partial charge is 0.246 e. The average Bonchev–Trinajstić information content (AvgIpc) is 3.38. The molecule has 1 aliphatic rings. The monoisotopic (exact) mass is 461 g/mol. The molecule has 3 aromatic rings. The molecule has 166 valence electrons. The van der Waals surface area contributed by atoms with Crippen LogP contribution >= 0.6 is 11.3 Å². The number of aryl methyl sites for hydroxylation is 1. The van der Waals surface area contributed by atoms with E-state index in [0.717, 1.165) is 29.0 Å². The van der Waals surface area contributed by atoms with Crippen molar-refractivity contribution in [2.24, 2.45) is 0 Å². The number of nitrogens with zero attached hydrogens (tertiary/aromatic N) is 5. The first-order valence-electron chi connectivity index (χ1n) is 10.2. The molecule has 0 saturated carbocycles. The Bertz CT molecular complexity index is 1210. The maximum Gasteiger partial charge on any atom is 0.351 e. The van der Waals surface area contributed by atoms with E-state index in [4.69, 9.17) is 5.10 Å². The molecular weight excluding hydrogens is 434 g/mol. The maximum atomic E-state index is 13.4. The van der Waals surface area contributed by atoms with Crippen LogP contribution in [0.5, 0.6) is 0 Å². The fraction of sp³-hybridized carbons (Fsp3) is 0.429. The van der Waals surface area contributed by atoms with Gasteiger partial charge in [-0.1, -0.05) is 24.3 Å². The molecule has 1 unspecified atom stereocenters. The van der Waals surface area contributed by atoms with Crippen LogP contribution in [0, 0.1) is 6.92 Å². The molecule has 31 heavy (non-hydrogen) atoms. The summed E-state index contributed by atoms with van der Waals surface area (Å²) >= 11 is 1.47. The molecular formula is C21H27N5O3S2. The first-order chi connectivity index (χ1) is 14.8. The quantitative estimate of drug-likeness (QED) is 0.565. The van der Waals surface area contributed by atoms with E-state index >= 15 is 0 Å². The lowest BCUT2D eigenvalue weighted by Crippen LogP contribution is -2.45. The highest BCUT2D eigenvalue weighted by atomic mass is 32.2. The molecule has 0 aliphatic carbocycles. The van der Waals surface area contributed by atoms with Gasteiger partial charge in [0.25, 0.3) is 10.2 Å². The summed E-state index contributed by atoms with van der Waals surface area (Å²) in [5.41, 5.74) is 1.93. The van der Waals surface area contributed by atoms with Crippen molar-refractivity contribution in [3.63, 3.8) is 0 Å². The first kappa shape index (κ1) is 21.9. The molecule has 2 aromatic heterocycles. The minimum atomic E-state index is -3.52. The molecule has 0 amide bonds. The summed E-state index contributed by atoms with van der Waals surface area (Å²) in [6.07, 6.45) is 1.51. The predicted molar refractivity (Wildman–Crippen MR) is 122 cm³/mol. The van der Waals surface area contributed by atoms with Gasteiger partial charge in [0.15, 0.2) is 0 Å². The highest BCUT2D eigenvalue weighted by Crippen LogP contribution is 2.29. The maximum absolute atomic E-state index is 13.4. The van der Waals surface area contributed by atoms with Gasteiger partial charge < -0.3 is 0 Å². The number of thiophene rings is 1. The molecule has 10 heteroatoms. The molecule has 0 N–H and O–H groups in total. The van der Waals surface area contributed by atoms with Gasteiger partial charge in [0.1, 0.15) is 10.8 Å². The van der Waals surface area contributed by atoms with Crippen molar-refractivity contribution >= 4 is 21.5 Å². The van der Waals surface area contributed by atoms with E-state index in [2.05, 4.69) is 0 Å². The van der Waals surface area contributed by atoms with Gasteiger partial charge in [-0.3, -0.25) is 0 Å². The van der Waals surface area contributed by atoms with Gasteiger partial charge >= 0.3 is 5.69 Å². The van der Waals surface area contributed by atoms with Crippen LogP contribution in [0.2, 0.25) is 0 Å². The van der Waals surface area contributed by atoms with Crippen LogP contribution in [0.4, 0.5) is 0 Å². The summed E-state index contributed by atoms with van der Waals surface area (Å²) in [5.74, 6) is 0.469. The van der Waals surface area contributed by atoms with Gasteiger partial charge in [0.05, 0.1) is 6.54 Å². The summed E-state index contributed by atoms with van der Waals surface area (Å²) in [6, 6.07) is 11.7. The van der Waals surface area contributed by atoms with Gasteiger partial charge in [0.2, 0.25) is 0 Å². The zero-order valence-electron chi connectivity index (χ0n) is 17.9. The molecule has 1 saturated heterocycles. The van der Waals surface area contributed by atoms with Gasteiger partial charge in [0, 0.05) is 33.1 Å². The standard InChI is InChI=1S/C21H27N5O3S2/c1-16-8-4-5-9-17(16)15-25-21(27)26(19-11-7-13-30-19)20(22-25)18-10-6-12-24(14-18)31(28,29)23(2)3/h4-5,7-9,11,13,18H,6,10,12,14-15H2,1-3H3. The minimum absolute atomic E-state index is 0.156. The lowest BCUT2D eigenvalue weighted by molar-refractivity contribution is 0.291. The summed E-state index contributed by atoms with van der Waals surface area (Å²) in [4.78, 5) is 13.4. The summed E-state index contributed by atoms with van der Waals surface area (Å²) in [7, 11) is -0.439. The lowest BCUT2D eigenvalue weighted by atomic mass is 9.99. The van der Waals surface area contributed by atoms with Gasteiger partial charge in [-0.15, -0.1) is 11.3 Å². The third-order valence-electron chi connectivity index (χ3n) is 5.71. The van der Waals surface area contributed by atoms with Crippen LogP contribution in [0.1, 0.15) is 35.7 Å². The number of hydrogen-bond donors (Lipinski definition) is 0. The second-order valence-corrected chi connectivity index (χ2v) is 11.1. The van der Waals surface area contributed by atoms with Gasteiger partial charge in [-0.05, 0) is 48.4 Å². The fourth-order valence-electron chi connectivity index (χ4n) is 3.94. The van der Waals surface area contributed by atoms with E-state index in [1.807, 2.05) is 48.7 Å².